The summed E-state index contributed by atoms with van der Waals surface area (Å²) >= 11 is 0. The van der Waals surface area contributed by atoms with Gasteiger partial charge in [0, 0.05) is 18.8 Å². The molecule has 1 aliphatic rings. The monoisotopic (exact) mass is 207 g/mol. The first-order valence-electron chi connectivity index (χ1n) is 4.45. The van der Waals surface area contributed by atoms with Crippen LogP contribution in [0.25, 0.3) is 0 Å². The summed E-state index contributed by atoms with van der Waals surface area (Å²) < 4.78 is 0. The number of rotatable bonds is 2. The fourth-order valence-corrected chi connectivity index (χ4v) is 1.89. The summed E-state index contributed by atoms with van der Waals surface area (Å²) in [7, 11) is 0. The van der Waals surface area contributed by atoms with Gasteiger partial charge in [-0.15, -0.1) is 0 Å². The molecular formula is C10H9NO4. The molecule has 0 aromatic carbocycles. The summed E-state index contributed by atoms with van der Waals surface area (Å²) in [6, 6.07) is 1.67. The van der Waals surface area contributed by atoms with Crippen molar-refractivity contribution in [2.24, 2.45) is 5.41 Å². The van der Waals surface area contributed by atoms with Gasteiger partial charge in [0.05, 0.1) is 0 Å². The first-order chi connectivity index (χ1) is 7.06. The lowest BCUT2D eigenvalue weighted by Crippen LogP contribution is -2.40. The molecule has 5 nitrogen and oxygen atoms in total. The Morgan fingerprint density at radius 2 is 1.80 bits per heavy atom. The maximum atomic E-state index is 11.0. The van der Waals surface area contributed by atoms with E-state index in [0.717, 1.165) is 5.56 Å². The van der Waals surface area contributed by atoms with Gasteiger partial charge in [0.25, 0.3) is 0 Å². The van der Waals surface area contributed by atoms with Gasteiger partial charge in [0.1, 0.15) is 0 Å². The summed E-state index contributed by atoms with van der Waals surface area (Å²) in [4.78, 5) is 25.9. The lowest BCUT2D eigenvalue weighted by Gasteiger charge is -2.17. The Labute approximate surface area is 85.4 Å². The third-order valence-corrected chi connectivity index (χ3v) is 2.81. The molecule has 0 aliphatic heterocycles. The Kier molecular flexibility index (Phi) is 1.96. The van der Waals surface area contributed by atoms with E-state index in [0.29, 0.717) is 5.56 Å². The first-order valence-corrected chi connectivity index (χ1v) is 4.45. The van der Waals surface area contributed by atoms with Crippen molar-refractivity contribution in [1.29, 1.82) is 0 Å². The van der Waals surface area contributed by atoms with E-state index in [4.69, 9.17) is 10.2 Å². The molecule has 1 aromatic heterocycles. The Morgan fingerprint density at radius 1 is 1.20 bits per heavy atom. The average molecular weight is 207 g/mol. The standard InChI is InChI=1S/C10H9NO4/c12-8(13)10(9(14)15)3-6-1-2-11-5-7(6)4-10/h1-2,5H,3-4H2,(H,12,13)(H,14,15). The fraction of sp³-hybridized carbons (Fsp3) is 0.300. The van der Waals surface area contributed by atoms with Gasteiger partial charge in [-0.25, -0.2) is 0 Å². The van der Waals surface area contributed by atoms with Gasteiger partial charge in [-0.05, 0) is 23.6 Å². The topological polar surface area (TPSA) is 87.5 Å². The molecule has 15 heavy (non-hydrogen) atoms. The number of carbonyl (C=O) groups is 2. The number of hydrogen-bond acceptors (Lipinski definition) is 3. The van der Waals surface area contributed by atoms with Crippen molar-refractivity contribution >= 4 is 11.9 Å². The third-order valence-electron chi connectivity index (χ3n) is 2.81. The van der Waals surface area contributed by atoms with Crippen molar-refractivity contribution < 1.29 is 19.8 Å². The Morgan fingerprint density at radius 3 is 2.33 bits per heavy atom. The van der Waals surface area contributed by atoms with Crippen molar-refractivity contribution in [2.75, 3.05) is 0 Å². The zero-order chi connectivity index (χ0) is 11.1. The quantitative estimate of drug-likeness (QED) is 0.682. The zero-order valence-electron chi connectivity index (χ0n) is 7.80. The maximum absolute atomic E-state index is 11.0. The molecule has 78 valence electrons. The van der Waals surface area contributed by atoms with Gasteiger partial charge in [-0.3, -0.25) is 14.6 Å². The molecule has 0 saturated heterocycles. The molecule has 1 aromatic rings. The van der Waals surface area contributed by atoms with Crippen molar-refractivity contribution in [3.63, 3.8) is 0 Å². The number of aromatic nitrogens is 1. The van der Waals surface area contributed by atoms with Crippen LogP contribution in [-0.2, 0) is 22.4 Å². The van der Waals surface area contributed by atoms with Gasteiger partial charge < -0.3 is 10.2 Å². The van der Waals surface area contributed by atoms with Gasteiger partial charge in [0.15, 0.2) is 5.41 Å². The van der Waals surface area contributed by atoms with E-state index < -0.39 is 17.4 Å². The normalized spacial score (nSPS) is 17.1. The zero-order valence-corrected chi connectivity index (χ0v) is 7.80. The molecule has 2 rings (SSSR count). The highest BCUT2D eigenvalue weighted by Crippen LogP contribution is 2.37. The minimum Gasteiger partial charge on any atom is -0.480 e. The van der Waals surface area contributed by atoms with Crippen molar-refractivity contribution in [3.05, 3.63) is 29.6 Å². The van der Waals surface area contributed by atoms with E-state index in [-0.39, 0.29) is 12.8 Å². The summed E-state index contributed by atoms with van der Waals surface area (Å²) in [5, 5.41) is 18.0. The predicted molar refractivity (Wildman–Crippen MR) is 49.3 cm³/mol. The van der Waals surface area contributed by atoms with Crippen LogP contribution in [-0.4, -0.2) is 27.1 Å². The van der Waals surface area contributed by atoms with E-state index in [1.807, 2.05) is 0 Å². The molecule has 0 radical (unpaired) electrons. The number of carboxylic acids is 2. The summed E-state index contributed by atoms with van der Waals surface area (Å²) in [6.07, 6.45) is 3.12. The van der Waals surface area contributed by atoms with Gasteiger partial charge in [-0.2, -0.15) is 0 Å². The highest BCUT2D eigenvalue weighted by atomic mass is 16.4. The van der Waals surface area contributed by atoms with E-state index in [2.05, 4.69) is 4.98 Å². The lowest BCUT2D eigenvalue weighted by molar-refractivity contribution is -0.163. The third kappa shape index (κ3) is 1.27. The summed E-state index contributed by atoms with van der Waals surface area (Å²) in [5.41, 5.74) is -0.233. The number of carboxylic acid groups (broad SMARTS) is 2. The SMILES string of the molecule is O=C(O)C1(C(=O)O)Cc2ccncc2C1. The molecule has 0 saturated carbocycles. The number of nitrogens with zero attached hydrogens (tertiary/aromatic N) is 1. The van der Waals surface area contributed by atoms with Crippen LogP contribution < -0.4 is 0 Å². The molecule has 0 unspecified atom stereocenters. The molecular weight excluding hydrogens is 198 g/mol. The van der Waals surface area contributed by atoms with Gasteiger partial charge in [0.2, 0.25) is 0 Å². The van der Waals surface area contributed by atoms with Crippen molar-refractivity contribution in [1.82, 2.24) is 4.98 Å². The van der Waals surface area contributed by atoms with E-state index in [1.54, 1.807) is 12.3 Å². The fourth-order valence-electron chi connectivity index (χ4n) is 1.89. The Hall–Kier alpha value is -1.91. The molecule has 1 heterocycles. The minimum atomic E-state index is -1.70. The molecule has 0 amide bonds. The van der Waals surface area contributed by atoms with Gasteiger partial charge in [-0.1, -0.05) is 0 Å². The van der Waals surface area contributed by atoms with Crippen molar-refractivity contribution in [3.8, 4) is 0 Å². The highest BCUT2D eigenvalue weighted by Gasteiger charge is 2.50. The number of pyridine rings is 1. The lowest BCUT2D eigenvalue weighted by atomic mass is 9.85. The van der Waals surface area contributed by atoms with Crippen LogP contribution in [0.3, 0.4) is 0 Å². The van der Waals surface area contributed by atoms with E-state index >= 15 is 0 Å². The van der Waals surface area contributed by atoms with Crippen molar-refractivity contribution in [2.45, 2.75) is 12.8 Å². The second kappa shape index (κ2) is 3.05. The maximum Gasteiger partial charge on any atom is 0.321 e. The van der Waals surface area contributed by atoms with Crippen LogP contribution >= 0.6 is 0 Å². The summed E-state index contributed by atoms with van der Waals surface area (Å²) in [6.45, 7) is 0. The number of aliphatic carboxylic acids is 2. The molecule has 0 atom stereocenters. The second-order valence-electron chi connectivity index (χ2n) is 3.69. The summed E-state index contributed by atoms with van der Waals surface area (Å²) in [5.74, 6) is -2.57. The Bertz CT molecular complexity index is 400. The highest BCUT2D eigenvalue weighted by molar-refractivity contribution is 5.99. The predicted octanol–water partition coefficient (Wildman–Crippen LogP) is 0.336. The molecule has 1 aliphatic carbocycles. The van der Waals surface area contributed by atoms with E-state index in [1.165, 1.54) is 6.20 Å². The van der Waals surface area contributed by atoms with Gasteiger partial charge >= 0.3 is 11.9 Å². The molecule has 0 bridgehead atoms. The smallest absolute Gasteiger partial charge is 0.321 e. The molecule has 0 fully saturated rings. The largest absolute Gasteiger partial charge is 0.480 e. The van der Waals surface area contributed by atoms with Crippen LogP contribution in [0.5, 0.6) is 0 Å². The van der Waals surface area contributed by atoms with Crippen LogP contribution in [0.1, 0.15) is 11.1 Å². The van der Waals surface area contributed by atoms with Crippen LogP contribution in [0.2, 0.25) is 0 Å². The number of fused-ring (bicyclic) bond motifs is 1. The molecule has 0 spiro atoms. The average Bonchev–Trinajstić information content (AvgIpc) is 2.57. The number of hydrogen-bond donors (Lipinski definition) is 2. The Balaban J connectivity index is 2.45. The van der Waals surface area contributed by atoms with Crippen LogP contribution in [0.15, 0.2) is 18.5 Å². The van der Waals surface area contributed by atoms with E-state index in [9.17, 15) is 9.59 Å². The first kappa shape index (κ1) is 9.64. The van der Waals surface area contributed by atoms with Crippen LogP contribution in [0.4, 0.5) is 0 Å². The second-order valence-corrected chi connectivity index (χ2v) is 3.69. The molecule has 2 N–H and O–H groups in total. The minimum absolute atomic E-state index is 0.0147. The molecule has 5 heteroatoms. The van der Waals surface area contributed by atoms with Crippen LogP contribution in [0, 0.1) is 5.41 Å².